The maximum atomic E-state index is 5.35. The second-order valence-corrected chi connectivity index (χ2v) is 5.96. The van der Waals surface area contributed by atoms with E-state index < -0.39 is 0 Å². The molecule has 4 heteroatoms. The summed E-state index contributed by atoms with van der Waals surface area (Å²) in [6.45, 7) is 2.33. The fourth-order valence-corrected chi connectivity index (χ4v) is 3.25. The van der Waals surface area contributed by atoms with Crippen molar-refractivity contribution in [3.05, 3.63) is 24.0 Å². The molecule has 0 spiro atoms. The van der Waals surface area contributed by atoms with Crippen molar-refractivity contribution in [2.75, 3.05) is 14.2 Å². The van der Waals surface area contributed by atoms with Crippen molar-refractivity contribution in [3.63, 3.8) is 0 Å². The van der Waals surface area contributed by atoms with Crippen molar-refractivity contribution in [2.24, 2.45) is 5.92 Å². The fourth-order valence-electron chi connectivity index (χ4n) is 3.25. The molecule has 1 aromatic heterocycles. The number of fused-ring (bicyclic) bond motifs is 1. The van der Waals surface area contributed by atoms with Gasteiger partial charge in [0.15, 0.2) is 11.5 Å². The Morgan fingerprint density at radius 2 is 1.76 bits per heavy atom. The zero-order chi connectivity index (χ0) is 14.8. The standard InChI is InChI=1S/C17H22N2O2/c1-11-5-4-6-12(7-11)15-10-18-13-8-16(20-2)17(21-3)9-14(13)19-15/h8-12H,4-7H2,1-3H3/t11-,12?/m1/s1. The summed E-state index contributed by atoms with van der Waals surface area (Å²) in [5.74, 6) is 2.72. The third-order valence-electron chi connectivity index (χ3n) is 4.42. The van der Waals surface area contributed by atoms with Gasteiger partial charge in [-0.25, -0.2) is 4.98 Å². The molecule has 1 saturated carbocycles. The van der Waals surface area contributed by atoms with Gasteiger partial charge in [-0.15, -0.1) is 0 Å². The van der Waals surface area contributed by atoms with E-state index >= 15 is 0 Å². The summed E-state index contributed by atoms with van der Waals surface area (Å²) in [4.78, 5) is 9.39. The molecule has 0 bridgehead atoms. The van der Waals surface area contributed by atoms with E-state index in [9.17, 15) is 0 Å². The quantitative estimate of drug-likeness (QED) is 0.857. The number of rotatable bonds is 3. The highest BCUT2D eigenvalue weighted by Gasteiger charge is 2.22. The fraction of sp³-hybridized carbons (Fsp3) is 0.529. The van der Waals surface area contributed by atoms with Gasteiger partial charge in [0.05, 0.1) is 30.9 Å². The van der Waals surface area contributed by atoms with Crippen LogP contribution in [0.5, 0.6) is 11.5 Å². The van der Waals surface area contributed by atoms with Gasteiger partial charge in [0, 0.05) is 24.2 Å². The predicted molar refractivity (Wildman–Crippen MR) is 83.0 cm³/mol. The summed E-state index contributed by atoms with van der Waals surface area (Å²) in [7, 11) is 3.28. The van der Waals surface area contributed by atoms with Crippen LogP contribution in [0.15, 0.2) is 18.3 Å². The molecule has 1 heterocycles. The van der Waals surface area contributed by atoms with Gasteiger partial charge in [0.2, 0.25) is 0 Å². The molecule has 1 aromatic carbocycles. The molecule has 3 rings (SSSR count). The van der Waals surface area contributed by atoms with Crippen LogP contribution in [0, 0.1) is 5.92 Å². The summed E-state index contributed by atoms with van der Waals surface area (Å²) >= 11 is 0. The van der Waals surface area contributed by atoms with E-state index in [1.807, 2.05) is 18.3 Å². The van der Waals surface area contributed by atoms with Crippen LogP contribution in [0.2, 0.25) is 0 Å². The first-order chi connectivity index (χ1) is 10.2. The van der Waals surface area contributed by atoms with Crippen LogP contribution in [-0.4, -0.2) is 24.2 Å². The third-order valence-corrected chi connectivity index (χ3v) is 4.42. The Bertz CT molecular complexity index is 642. The van der Waals surface area contributed by atoms with Gasteiger partial charge < -0.3 is 9.47 Å². The number of nitrogens with zero attached hydrogens (tertiary/aromatic N) is 2. The lowest BCUT2D eigenvalue weighted by molar-refractivity contribution is 0.340. The molecule has 0 amide bonds. The smallest absolute Gasteiger partial charge is 0.163 e. The summed E-state index contributed by atoms with van der Waals surface area (Å²) in [6, 6.07) is 3.80. The first kappa shape index (κ1) is 14.1. The molecule has 0 aliphatic heterocycles. The van der Waals surface area contributed by atoms with Gasteiger partial charge in [0.25, 0.3) is 0 Å². The highest BCUT2D eigenvalue weighted by molar-refractivity contribution is 5.79. The lowest BCUT2D eigenvalue weighted by Gasteiger charge is -2.26. The van der Waals surface area contributed by atoms with Crippen LogP contribution >= 0.6 is 0 Å². The minimum Gasteiger partial charge on any atom is -0.493 e. The second-order valence-electron chi connectivity index (χ2n) is 5.96. The Balaban J connectivity index is 1.99. The van der Waals surface area contributed by atoms with Crippen molar-refractivity contribution in [3.8, 4) is 11.5 Å². The lowest BCUT2D eigenvalue weighted by atomic mass is 9.81. The first-order valence-electron chi connectivity index (χ1n) is 7.60. The molecule has 1 unspecified atom stereocenters. The molecule has 1 aliphatic rings. The first-order valence-corrected chi connectivity index (χ1v) is 7.60. The maximum absolute atomic E-state index is 5.35. The minimum absolute atomic E-state index is 0.541. The van der Waals surface area contributed by atoms with E-state index in [0.29, 0.717) is 17.4 Å². The number of aromatic nitrogens is 2. The molecule has 1 aliphatic carbocycles. The summed E-state index contributed by atoms with van der Waals surface area (Å²) in [6.07, 6.45) is 6.99. The summed E-state index contributed by atoms with van der Waals surface area (Å²) in [5, 5.41) is 0. The monoisotopic (exact) mass is 286 g/mol. The van der Waals surface area contributed by atoms with Gasteiger partial charge in [-0.3, -0.25) is 4.98 Å². The Labute approximate surface area is 125 Å². The van der Waals surface area contributed by atoms with E-state index in [0.717, 1.165) is 22.6 Å². The molecule has 112 valence electrons. The van der Waals surface area contributed by atoms with Crippen LogP contribution in [0.4, 0.5) is 0 Å². The Morgan fingerprint density at radius 3 is 2.43 bits per heavy atom. The van der Waals surface area contributed by atoms with E-state index in [-0.39, 0.29) is 0 Å². The van der Waals surface area contributed by atoms with E-state index in [1.54, 1.807) is 14.2 Å². The largest absolute Gasteiger partial charge is 0.493 e. The van der Waals surface area contributed by atoms with Crippen molar-refractivity contribution >= 4 is 11.0 Å². The van der Waals surface area contributed by atoms with Crippen LogP contribution < -0.4 is 9.47 Å². The zero-order valence-corrected chi connectivity index (χ0v) is 12.9. The topological polar surface area (TPSA) is 44.2 Å². The molecule has 0 N–H and O–H groups in total. The highest BCUT2D eigenvalue weighted by atomic mass is 16.5. The average Bonchev–Trinajstić information content (AvgIpc) is 2.53. The van der Waals surface area contributed by atoms with Gasteiger partial charge in [-0.05, 0) is 18.8 Å². The average molecular weight is 286 g/mol. The van der Waals surface area contributed by atoms with Crippen molar-refractivity contribution < 1.29 is 9.47 Å². The molecule has 2 atom stereocenters. The Morgan fingerprint density at radius 1 is 1.05 bits per heavy atom. The molecule has 0 saturated heterocycles. The van der Waals surface area contributed by atoms with Crippen molar-refractivity contribution in [1.82, 2.24) is 9.97 Å². The minimum atomic E-state index is 0.541. The molecule has 21 heavy (non-hydrogen) atoms. The molecular weight excluding hydrogens is 264 g/mol. The van der Waals surface area contributed by atoms with Gasteiger partial charge in [-0.2, -0.15) is 0 Å². The predicted octanol–water partition coefficient (Wildman–Crippen LogP) is 3.94. The van der Waals surface area contributed by atoms with E-state index in [4.69, 9.17) is 14.5 Å². The lowest BCUT2D eigenvalue weighted by Crippen LogP contribution is -2.13. The second kappa shape index (κ2) is 5.88. The van der Waals surface area contributed by atoms with Crippen molar-refractivity contribution in [2.45, 2.75) is 38.5 Å². The molecular formula is C17H22N2O2. The molecule has 4 nitrogen and oxygen atoms in total. The van der Waals surface area contributed by atoms with Crippen LogP contribution in [0.1, 0.15) is 44.2 Å². The van der Waals surface area contributed by atoms with Gasteiger partial charge in [0.1, 0.15) is 0 Å². The number of benzene rings is 1. The summed E-state index contributed by atoms with van der Waals surface area (Å²) < 4.78 is 10.7. The van der Waals surface area contributed by atoms with Crippen LogP contribution in [0.3, 0.4) is 0 Å². The normalized spacial score (nSPS) is 22.2. The number of methoxy groups -OCH3 is 2. The van der Waals surface area contributed by atoms with Crippen molar-refractivity contribution in [1.29, 1.82) is 0 Å². The van der Waals surface area contributed by atoms with E-state index in [2.05, 4.69) is 11.9 Å². The van der Waals surface area contributed by atoms with Gasteiger partial charge in [-0.1, -0.05) is 19.8 Å². The van der Waals surface area contributed by atoms with E-state index in [1.165, 1.54) is 25.7 Å². The molecule has 0 radical (unpaired) electrons. The molecule has 1 fully saturated rings. The Hall–Kier alpha value is -1.84. The summed E-state index contributed by atoms with van der Waals surface area (Å²) in [5.41, 5.74) is 2.84. The molecule has 2 aromatic rings. The maximum Gasteiger partial charge on any atom is 0.163 e. The third kappa shape index (κ3) is 2.80. The van der Waals surface area contributed by atoms with Gasteiger partial charge >= 0.3 is 0 Å². The Kier molecular flexibility index (Phi) is 3.95. The zero-order valence-electron chi connectivity index (χ0n) is 12.9. The number of hydrogen-bond donors (Lipinski definition) is 0. The number of hydrogen-bond acceptors (Lipinski definition) is 4. The van der Waals surface area contributed by atoms with Crippen LogP contribution in [0.25, 0.3) is 11.0 Å². The highest BCUT2D eigenvalue weighted by Crippen LogP contribution is 2.36. The SMILES string of the molecule is COc1cc2ncc(C3CCC[C@@H](C)C3)nc2cc1OC. The van der Waals surface area contributed by atoms with Crippen LogP contribution in [-0.2, 0) is 0 Å². The number of ether oxygens (including phenoxy) is 2.